The number of phenols is 1. The first-order chi connectivity index (χ1) is 17.8. The van der Waals surface area contributed by atoms with E-state index in [1.54, 1.807) is 6.07 Å². The van der Waals surface area contributed by atoms with Crippen LogP contribution in [0.4, 0.5) is 34.1 Å². The Morgan fingerprint density at radius 1 is 1.08 bits per heavy atom. The molecule has 1 fully saturated rings. The molecular weight excluding hydrogens is 511 g/mol. The van der Waals surface area contributed by atoms with Crippen LogP contribution in [0, 0.1) is 0 Å². The van der Waals surface area contributed by atoms with Crippen molar-refractivity contribution in [2.45, 2.75) is 25.2 Å². The van der Waals surface area contributed by atoms with Crippen molar-refractivity contribution in [2.75, 3.05) is 30.3 Å². The number of nitrogens with two attached hydrogens (primary N) is 3. The second-order valence-electron chi connectivity index (χ2n) is 8.61. The van der Waals surface area contributed by atoms with Crippen LogP contribution in [0.15, 0.2) is 36.4 Å². The van der Waals surface area contributed by atoms with Gasteiger partial charge in [0.15, 0.2) is 0 Å². The third-order valence-corrected chi connectivity index (χ3v) is 5.80. The van der Waals surface area contributed by atoms with Crippen molar-refractivity contribution in [1.82, 2.24) is 15.5 Å². The number of hydrogen-bond acceptors (Lipinski definition) is 7. The second-order valence-corrected chi connectivity index (χ2v) is 8.61. The van der Waals surface area contributed by atoms with E-state index in [2.05, 4.69) is 10.6 Å². The number of likely N-dealkylation sites (tertiary alicyclic amines) is 1. The molecule has 12 nitrogen and oxygen atoms in total. The maximum Gasteiger partial charge on any atom is 0.416 e. The Kier molecular flexibility index (Phi) is 8.30. The highest BCUT2D eigenvalue weighted by Gasteiger charge is 2.32. The molecule has 2 aromatic carbocycles. The van der Waals surface area contributed by atoms with E-state index < -0.39 is 42.2 Å². The number of imide groups is 1. The van der Waals surface area contributed by atoms with Crippen molar-refractivity contribution < 1.29 is 37.5 Å². The summed E-state index contributed by atoms with van der Waals surface area (Å²) in [5.74, 6) is -1.83. The van der Waals surface area contributed by atoms with Gasteiger partial charge in [0.25, 0.3) is 5.91 Å². The zero-order valence-corrected chi connectivity index (χ0v) is 19.9. The topological polar surface area (TPSA) is 197 Å². The van der Waals surface area contributed by atoms with Gasteiger partial charge >= 0.3 is 18.2 Å². The molecule has 15 heteroatoms. The molecule has 0 unspecified atom stereocenters. The normalized spacial score (nSPS) is 15.6. The molecule has 1 heterocycles. The summed E-state index contributed by atoms with van der Waals surface area (Å²) in [4.78, 5) is 50.1. The number of nitrogens with zero attached hydrogens (tertiary/aromatic N) is 2. The maximum absolute atomic E-state index is 12.9. The molecule has 3 rings (SSSR count). The lowest BCUT2D eigenvalue weighted by atomic mass is 10.1. The number of primary amides is 2. The monoisotopic (exact) mass is 537 g/mol. The SMILES string of the molecule is NC(=O)N(C(N)=O)c1cc(CN2CC[C@H](NC(=O)CNC(=O)c3cc(C(F)(F)F)ccc3N)C2)ccc1O. The summed E-state index contributed by atoms with van der Waals surface area (Å²) in [7, 11) is 0. The average molecular weight is 537 g/mol. The van der Waals surface area contributed by atoms with Crippen LogP contribution >= 0.6 is 0 Å². The molecule has 1 atom stereocenters. The molecule has 0 bridgehead atoms. The van der Waals surface area contributed by atoms with Gasteiger partial charge < -0.3 is 32.9 Å². The Labute approximate surface area is 214 Å². The lowest BCUT2D eigenvalue weighted by molar-refractivity contribution is -0.137. The number of carbonyl (C=O) groups excluding carboxylic acids is 4. The van der Waals surface area contributed by atoms with Gasteiger partial charge in [-0.15, -0.1) is 0 Å². The quantitative estimate of drug-likeness (QED) is 0.284. The van der Waals surface area contributed by atoms with Gasteiger partial charge in [-0.3, -0.25) is 14.5 Å². The van der Waals surface area contributed by atoms with Crippen molar-refractivity contribution in [3.8, 4) is 5.75 Å². The van der Waals surface area contributed by atoms with Crippen LogP contribution in [0.2, 0.25) is 0 Å². The Balaban J connectivity index is 1.54. The number of nitrogens with one attached hydrogen (secondary N) is 2. The van der Waals surface area contributed by atoms with Gasteiger partial charge in [-0.1, -0.05) is 6.07 Å². The van der Waals surface area contributed by atoms with Crippen LogP contribution in [0.3, 0.4) is 0 Å². The molecule has 204 valence electrons. The highest BCUT2D eigenvalue weighted by Crippen LogP contribution is 2.31. The molecule has 0 saturated carbocycles. The number of carbonyl (C=O) groups is 4. The van der Waals surface area contributed by atoms with E-state index in [1.165, 1.54) is 12.1 Å². The summed E-state index contributed by atoms with van der Waals surface area (Å²) in [5.41, 5.74) is 14.8. The number of rotatable bonds is 7. The smallest absolute Gasteiger partial charge is 0.416 e. The molecule has 1 aliphatic heterocycles. The van der Waals surface area contributed by atoms with Crippen molar-refractivity contribution in [3.05, 3.63) is 53.1 Å². The van der Waals surface area contributed by atoms with Crippen molar-refractivity contribution in [1.29, 1.82) is 0 Å². The van der Waals surface area contributed by atoms with Crippen LogP contribution in [0.5, 0.6) is 5.75 Å². The van der Waals surface area contributed by atoms with Crippen molar-refractivity contribution in [3.63, 3.8) is 0 Å². The fourth-order valence-corrected chi connectivity index (χ4v) is 4.01. The number of aromatic hydroxyl groups is 1. The van der Waals surface area contributed by atoms with E-state index >= 15 is 0 Å². The standard InChI is InChI=1S/C23H26F3N7O5/c24-23(25,26)13-2-3-16(27)15(8-13)20(36)30-9-19(35)31-14-5-6-32(11-14)10-12-1-4-18(34)17(7-12)33(21(28)37)22(29)38/h1-4,7-8,14,34H,5-6,9-11,27H2,(H2,28,37)(H2,29,38)(H,30,36)(H,31,35)/t14-/m0/s1. The zero-order chi connectivity index (χ0) is 28.2. The predicted molar refractivity (Wildman–Crippen MR) is 130 cm³/mol. The van der Waals surface area contributed by atoms with Gasteiger partial charge in [-0.05, 0) is 42.3 Å². The molecular formula is C23H26F3N7O5. The number of hydrogen-bond donors (Lipinski definition) is 6. The Morgan fingerprint density at radius 3 is 2.39 bits per heavy atom. The fourth-order valence-electron chi connectivity index (χ4n) is 4.01. The highest BCUT2D eigenvalue weighted by molar-refractivity contribution is 6.13. The third kappa shape index (κ3) is 6.82. The lowest BCUT2D eigenvalue weighted by Crippen LogP contribution is -2.44. The van der Waals surface area contributed by atoms with Gasteiger partial charge in [0.05, 0.1) is 23.4 Å². The zero-order valence-electron chi connectivity index (χ0n) is 19.9. The van der Waals surface area contributed by atoms with Crippen LogP contribution in [-0.2, 0) is 17.5 Å². The van der Waals surface area contributed by atoms with Crippen molar-refractivity contribution in [2.24, 2.45) is 11.5 Å². The molecule has 38 heavy (non-hydrogen) atoms. The average Bonchev–Trinajstić information content (AvgIpc) is 3.25. The Hall–Kier alpha value is -4.53. The van der Waals surface area contributed by atoms with Crippen LogP contribution in [-0.4, -0.2) is 59.6 Å². The minimum Gasteiger partial charge on any atom is -0.506 e. The number of amides is 6. The van der Waals surface area contributed by atoms with Crippen LogP contribution in [0.25, 0.3) is 0 Å². The molecule has 2 aromatic rings. The number of phenolic OH excluding ortho intramolecular Hbond substituents is 1. The molecule has 0 spiro atoms. The molecule has 6 amide bonds. The number of benzene rings is 2. The van der Waals surface area contributed by atoms with Gasteiger partial charge in [-0.2, -0.15) is 13.2 Å². The van der Waals surface area contributed by atoms with E-state index in [0.717, 1.165) is 12.1 Å². The van der Waals surface area contributed by atoms with Gasteiger partial charge in [0, 0.05) is 31.4 Å². The summed E-state index contributed by atoms with van der Waals surface area (Å²) in [5, 5.41) is 15.0. The van der Waals surface area contributed by atoms with E-state index in [-0.39, 0.29) is 28.7 Å². The highest BCUT2D eigenvalue weighted by atomic mass is 19.4. The first kappa shape index (κ1) is 28.0. The second kappa shape index (κ2) is 11.2. The summed E-state index contributed by atoms with van der Waals surface area (Å²) < 4.78 is 38.8. The Bertz CT molecular complexity index is 1240. The summed E-state index contributed by atoms with van der Waals surface area (Å²) in [6.45, 7) is 0.869. The van der Waals surface area contributed by atoms with E-state index in [0.29, 0.717) is 42.6 Å². The summed E-state index contributed by atoms with van der Waals surface area (Å²) in [6, 6.07) is 4.04. The molecule has 1 saturated heterocycles. The molecule has 0 aliphatic carbocycles. The summed E-state index contributed by atoms with van der Waals surface area (Å²) in [6.07, 6.45) is -4.08. The largest absolute Gasteiger partial charge is 0.506 e. The molecule has 9 N–H and O–H groups in total. The number of urea groups is 2. The van der Waals surface area contributed by atoms with Gasteiger partial charge in [-0.25, -0.2) is 14.5 Å². The number of halogens is 3. The fraction of sp³-hybridized carbons (Fsp3) is 0.304. The summed E-state index contributed by atoms with van der Waals surface area (Å²) >= 11 is 0. The van der Waals surface area contributed by atoms with Crippen LogP contribution < -0.4 is 32.7 Å². The number of nitrogen functional groups attached to an aromatic ring is 1. The first-order valence-electron chi connectivity index (χ1n) is 11.2. The van der Waals surface area contributed by atoms with E-state index in [9.17, 15) is 37.5 Å². The van der Waals surface area contributed by atoms with E-state index in [1.807, 2.05) is 4.90 Å². The van der Waals surface area contributed by atoms with Crippen molar-refractivity contribution >= 4 is 35.3 Å². The van der Waals surface area contributed by atoms with Crippen LogP contribution in [0.1, 0.15) is 27.9 Å². The predicted octanol–water partition coefficient (Wildman–Crippen LogP) is 1.08. The number of anilines is 2. The minimum atomic E-state index is -4.65. The number of alkyl halides is 3. The third-order valence-electron chi connectivity index (χ3n) is 5.80. The van der Waals surface area contributed by atoms with E-state index in [4.69, 9.17) is 17.2 Å². The molecule has 1 aliphatic rings. The first-order valence-corrected chi connectivity index (χ1v) is 11.2. The minimum absolute atomic E-state index is 0.158. The Morgan fingerprint density at radius 2 is 1.76 bits per heavy atom. The van der Waals surface area contributed by atoms with Gasteiger partial charge in [0.2, 0.25) is 5.91 Å². The van der Waals surface area contributed by atoms with Gasteiger partial charge in [0.1, 0.15) is 5.75 Å². The maximum atomic E-state index is 12.9. The lowest BCUT2D eigenvalue weighted by Gasteiger charge is -2.20. The molecule has 0 radical (unpaired) electrons. The molecule has 0 aromatic heterocycles.